The summed E-state index contributed by atoms with van der Waals surface area (Å²) in [7, 11) is 0. The first kappa shape index (κ1) is 10.4. The fourth-order valence-electron chi connectivity index (χ4n) is 1.42. The van der Waals surface area contributed by atoms with E-state index in [-0.39, 0.29) is 10.5 Å². The Kier molecular flexibility index (Phi) is 2.42. The Labute approximate surface area is 92.0 Å². The molecule has 1 aromatic heterocycles. The van der Waals surface area contributed by atoms with Crippen LogP contribution in [0.3, 0.4) is 0 Å². The maximum absolute atomic E-state index is 10.6. The molecule has 0 amide bonds. The molecule has 82 valence electrons. The molecule has 2 heterocycles. The first-order chi connectivity index (χ1) is 6.99. The summed E-state index contributed by atoms with van der Waals surface area (Å²) in [5, 5.41) is 11.9. The lowest BCUT2D eigenvalue weighted by Crippen LogP contribution is -2.50. The second-order valence-corrected chi connectivity index (χ2v) is 5.75. The molecule has 0 aliphatic carbocycles. The Morgan fingerprint density at radius 1 is 1.67 bits per heavy atom. The van der Waals surface area contributed by atoms with E-state index in [4.69, 9.17) is 9.52 Å². The normalized spacial score (nSPS) is 23.2. The summed E-state index contributed by atoms with van der Waals surface area (Å²) in [6.45, 7) is 4.31. The first-order valence-electron chi connectivity index (χ1n) is 4.73. The Morgan fingerprint density at radius 2 is 2.40 bits per heavy atom. The van der Waals surface area contributed by atoms with Gasteiger partial charge in [-0.2, -0.15) is 11.8 Å². The quantitative estimate of drug-likeness (QED) is 0.829. The van der Waals surface area contributed by atoms with Gasteiger partial charge in [-0.25, -0.2) is 4.79 Å². The number of carboxylic acid groups (broad SMARTS) is 1. The first-order valence-corrected chi connectivity index (χ1v) is 5.71. The van der Waals surface area contributed by atoms with Gasteiger partial charge in [0.1, 0.15) is 0 Å². The highest BCUT2D eigenvalue weighted by atomic mass is 32.2. The van der Waals surface area contributed by atoms with Crippen molar-refractivity contribution in [3.63, 3.8) is 0 Å². The molecular formula is C10H13NO3S. The summed E-state index contributed by atoms with van der Waals surface area (Å²) in [5.74, 6) is 0.495. The number of nitrogens with one attached hydrogen (secondary N) is 1. The van der Waals surface area contributed by atoms with E-state index in [0.29, 0.717) is 11.9 Å². The van der Waals surface area contributed by atoms with Crippen LogP contribution in [0.15, 0.2) is 16.5 Å². The topological polar surface area (TPSA) is 62.5 Å². The van der Waals surface area contributed by atoms with E-state index in [1.165, 1.54) is 6.07 Å². The number of hydrogen-bond donors (Lipinski definition) is 2. The van der Waals surface area contributed by atoms with E-state index in [1.54, 1.807) is 6.07 Å². The number of thioether (sulfide) groups is 1. The standard InChI is InChI=1S/C10H13NO3S/c1-10(2)7(5-15-10)11-8-4-3-6(14-8)9(12)13/h3-4,7,11H,5H2,1-2H3,(H,12,13). The van der Waals surface area contributed by atoms with Crippen molar-refractivity contribution >= 4 is 23.6 Å². The highest BCUT2D eigenvalue weighted by Crippen LogP contribution is 2.41. The predicted molar refractivity (Wildman–Crippen MR) is 59.6 cm³/mol. The maximum atomic E-state index is 10.6. The fourth-order valence-corrected chi connectivity index (χ4v) is 2.56. The molecule has 0 bridgehead atoms. The van der Waals surface area contributed by atoms with Crippen molar-refractivity contribution in [3.05, 3.63) is 17.9 Å². The van der Waals surface area contributed by atoms with E-state index in [9.17, 15) is 4.79 Å². The van der Waals surface area contributed by atoms with E-state index in [0.717, 1.165) is 5.75 Å². The van der Waals surface area contributed by atoms with Crippen LogP contribution in [0, 0.1) is 0 Å². The molecule has 1 aromatic rings. The molecule has 0 spiro atoms. The third-order valence-corrected chi connectivity index (χ3v) is 4.12. The molecule has 1 fully saturated rings. The molecule has 2 N–H and O–H groups in total. The van der Waals surface area contributed by atoms with Gasteiger partial charge in [0.15, 0.2) is 5.88 Å². The van der Waals surface area contributed by atoms with Crippen LogP contribution in [0.1, 0.15) is 24.4 Å². The van der Waals surface area contributed by atoms with Gasteiger partial charge in [0, 0.05) is 16.6 Å². The summed E-state index contributed by atoms with van der Waals surface area (Å²) < 4.78 is 5.32. The third-order valence-electron chi connectivity index (χ3n) is 2.59. The number of hydrogen-bond acceptors (Lipinski definition) is 4. The van der Waals surface area contributed by atoms with E-state index in [1.807, 2.05) is 11.8 Å². The smallest absolute Gasteiger partial charge is 0.371 e. The largest absolute Gasteiger partial charge is 0.475 e. The Balaban J connectivity index is 2.02. The number of aromatic carboxylic acids is 1. The second kappa shape index (κ2) is 3.48. The molecule has 1 aliphatic rings. The summed E-state index contributed by atoms with van der Waals surface area (Å²) in [4.78, 5) is 10.6. The zero-order valence-electron chi connectivity index (χ0n) is 8.61. The Hall–Kier alpha value is -1.10. The van der Waals surface area contributed by atoms with Gasteiger partial charge >= 0.3 is 5.97 Å². The molecule has 0 saturated carbocycles. The predicted octanol–water partition coefficient (Wildman–Crippen LogP) is 2.28. The van der Waals surface area contributed by atoms with Gasteiger partial charge in [0.05, 0.1) is 6.04 Å². The molecule has 4 nitrogen and oxygen atoms in total. The summed E-state index contributed by atoms with van der Waals surface area (Å²) >= 11 is 1.88. The van der Waals surface area contributed by atoms with Crippen molar-refractivity contribution in [2.75, 3.05) is 11.1 Å². The lowest BCUT2D eigenvalue weighted by Gasteiger charge is -2.43. The van der Waals surface area contributed by atoms with Gasteiger partial charge in [0.2, 0.25) is 5.76 Å². The van der Waals surface area contributed by atoms with Crippen LogP contribution < -0.4 is 5.32 Å². The fraction of sp³-hybridized carbons (Fsp3) is 0.500. The van der Waals surface area contributed by atoms with Crippen LogP contribution >= 0.6 is 11.8 Å². The maximum Gasteiger partial charge on any atom is 0.371 e. The monoisotopic (exact) mass is 227 g/mol. The molecular weight excluding hydrogens is 214 g/mol. The SMILES string of the molecule is CC1(C)SCC1Nc1ccc(C(=O)O)o1. The minimum absolute atomic E-state index is 0.0257. The highest BCUT2D eigenvalue weighted by molar-refractivity contribution is 8.02. The van der Waals surface area contributed by atoms with Crippen molar-refractivity contribution in [3.8, 4) is 0 Å². The lowest BCUT2D eigenvalue weighted by atomic mass is 10.0. The molecule has 15 heavy (non-hydrogen) atoms. The van der Waals surface area contributed by atoms with Crippen molar-refractivity contribution in [2.45, 2.75) is 24.6 Å². The molecule has 5 heteroatoms. The second-order valence-electron chi connectivity index (χ2n) is 4.08. The van der Waals surface area contributed by atoms with Crippen LogP contribution in [0.5, 0.6) is 0 Å². The van der Waals surface area contributed by atoms with Gasteiger partial charge in [-0.1, -0.05) is 0 Å². The van der Waals surface area contributed by atoms with E-state index in [2.05, 4.69) is 19.2 Å². The average Bonchev–Trinajstić information content (AvgIpc) is 2.61. The lowest BCUT2D eigenvalue weighted by molar-refractivity contribution is 0.0663. The van der Waals surface area contributed by atoms with E-state index < -0.39 is 5.97 Å². The molecule has 1 saturated heterocycles. The van der Waals surface area contributed by atoms with Crippen molar-refractivity contribution in [1.82, 2.24) is 0 Å². The van der Waals surface area contributed by atoms with Gasteiger partial charge < -0.3 is 14.8 Å². The summed E-state index contributed by atoms with van der Waals surface area (Å²) in [6, 6.07) is 3.46. The number of anilines is 1. The van der Waals surface area contributed by atoms with E-state index >= 15 is 0 Å². The summed E-state index contributed by atoms with van der Waals surface area (Å²) in [5.41, 5.74) is 0. The zero-order chi connectivity index (χ0) is 11.1. The van der Waals surface area contributed by atoms with Crippen molar-refractivity contribution in [2.24, 2.45) is 0 Å². The molecule has 1 atom stereocenters. The minimum Gasteiger partial charge on any atom is -0.475 e. The van der Waals surface area contributed by atoms with Crippen LogP contribution in [-0.4, -0.2) is 27.6 Å². The third kappa shape index (κ3) is 1.97. The van der Waals surface area contributed by atoms with Crippen molar-refractivity contribution < 1.29 is 14.3 Å². The molecule has 1 aliphatic heterocycles. The molecule has 2 rings (SSSR count). The zero-order valence-corrected chi connectivity index (χ0v) is 9.43. The molecule has 1 unspecified atom stereocenters. The van der Waals surface area contributed by atoms with Gasteiger partial charge in [0.25, 0.3) is 0 Å². The average molecular weight is 227 g/mol. The van der Waals surface area contributed by atoms with Crippen LogP contribution in [-0.2, 0) is 0 Å². The minimum atomic E-state index is -1.04. The number of carboxylic acids is 1. The van der Waals surface area contributed by atoms with Gasteiger partial charge in [-0.3, -0.25) is 0 Å². The Bertz CT molecular complexity index is 386. The van der Waals surface area contributed by atoms with Crippen LogP contribution in [0.25, 0.3) is 0 Å². The van der Waals surface area contributed by atoms with Gasteiger partial charge in [-0.15, -0.1) is 0 Å². The Morgan fingerprint density at radius 3 is 2.80 bits per heavy atom. The van der Waals surface area contributed by atoms with Crippen LogP contribution in [0.4, 0.5) is 5.88 Å². The number of rotatable bonds is 3. The molecule has 0 aromatic carbocycles. The number of furan rings is 1. The molecule has 0 radical (unpaired) electrons. The summed E-state index contributed by atoms with van der Waals surface area (Å²) in [6.07, 6.45) is 0. The number of carbonyl (C=O) groups is 1. The van der Waals surface area contributed by atoms with Crippen LogP contribution in [0.2, 0.25) is 0 Å². The van der Waals surface area contributed by atoms with Gasteiger partial charge in [-0.05, 0) is 19.9 Å². The van der Waals surface area contributed by atoms with Crippen molar-refractivity contribution in [1.29, 1.82) is 0 Å². The highest BCUT2D eigenvalue weighted by Gasteiger charge is 2.39.